The van der Waals surface area contributed by atoms with Crippen molar-refractivity contribution in [2.45, 2.75) is 39.2 Å². The maximum absolute atomic E-state index is 12.3. The van der Waals surface area contributed by atoms with Crippen molar-refractivity contribution in [1.82, 2.24) is 9.62 Å². The molecule has 0 amide bonds. The Morgan fingerprint density at radius 3 is 2.45 bits per heavy atom. The molecular formula is C14H28N2O3S. The predicted octanol–water partition coefficient (Wildman–Crippen LogP) is 0.655. The number of hydrogen-bond acceptors (Lipinski definition) is 4. The molecule has 5 nitrogen and oxygen atoms in total. The Hall–Kier alpha value is -0.170. The highest BCUT2D eigenvalue weighted by Gasteiger charge is 2.64. The fourth-order valence-electron chi connectivity index (χ4n) is 4.19. The fraction of sp³-hybridized carbons (Fsp3) is 1.00. The molecule has 2 saturated carbocycles. The van der Waals surface area contributed by atoms with Gasteiger partial charge in [0.15, 0.2) is 0 Å². The summed E-state index contributed by atoms with van der Waals surface area (Å²) in [6.45, 7) is 5.35. The van der Waals surface area contributed by atoms with E-state index in [1.165, 1.54) is 0 Å². The van der Waals surface area contributed by atoms with Crippen molar-refractivity contribution >= 4 is 10.0 Å². The number of aliphatic hydroxyl groups is 1. The average molecular weight is 304 g/mol. The number of nitrogens with zero attached hydrogens (tertiary/aromatic N) is 1. The Morgan fingerprint density at radius 2 is 2.00 bits per heavy atom. The Bertz CT molecular complexity index is 461. The largest absolute Gasteiger partial charge is 0.392 e. The summed E-state index contributed by atoms with van der Waals surface area (Å²) >= 11 is 0. The zero-order valence-electron chi connectivity index (χ0n) is 13.0. The van der Waals surface area contributed by atoms with Crippen molar-refractivity contribution in [2.24, 2.45) is 16.7 Å². The van der Waals surface area contributed by atoms with Gasteiger partial charge in [0.25, 0.3) is 0 Å². The molecule has 0 saturated heterocycles. The first-order valence-corrected chi connectivity index (χ1v) is 9.06. The quantitative estimate of drug-likeness (QED) is 0.756. The molecule has 2 rings (SSSR count). The van der Waals surface area contributed by atoms with Crippen molar-refractivity contribution in [3.63, 3.8) is 0 Å². The van der Waals surface area contributed by atoms with Crippen LogP contribution < -0.4 is 4.72 Å². The molecule has 2 bridgehead atoms. The highest BCUT2D eigenvalue weighted by Crippen LogP contribution is 2.65. The van der Waals surface area contributed by atoms with Gasteiger partial charge >= 0.3 is 0 Å². The molecule has 0 aliphatic heterocycles. The first-order valence-electron chi connectivity index (χ1n) is 7.41. The molecule has 2 fully saturated rings. The molecule has 3 atom stereocenters. The molecular weight excluding hydrogens is 276 g/mol. The number of nitrogens with one attached hydrogen (secondary N) is 1. The van der Waals surface area contributed by atoms with Gasteiger partial charge in [0.1, 0.15) is 0 Å². The van der Waals surface area contributed by atoms with E-state index in [0.29, 0.717) is 19.0 Å². The van der Waals surface area contributed by atoms with Crippen molar-refractivity contribution in [3.05, 3.63) is 0 Å². The summed E-state index contributed by atoms with van der Waals surface area (Å²) in [6.07, 6.45) is 2.12. The van der Waals surface area contributed by atoms with Gasteiger partial charge in [0.05, 0.1) is 11.9 Å². The maximum atomic E-state index is 12.3. The number of aliphatic hydroxyl groups excluding tert-OH is 1. The molecule has 0 aromatic heterocycles. The van der Waals surface area contributed by atoms with Crippen LogP contribution in [0.3, 0.4) is 0 Å². The summed E-state index contributed by atoms with van der Waals surface area (Å²) in [5.74, 6) is 0.507. The van der Waals surface area contributed by atoms with E-state index < -0.39 is 21.5 Å². The second-order valence-corrected chi connectivity index (χ2v) is 9.13. The summed E-state index contributed by atoms with van der Waals surface area (Å²) in [7, 11) is 0.485. The Balaban J connectivity index is 2.08. The molecule has 6 heteroatoms. The Kier molecular flexibility index (Phi) is 4.24. The lowest BCUT2D eigenvalue weighted by molar-refractivity contribution is 0.0152. The van der Waals surface area contributed by atoms with E-state index in [1.54, 1.807) is 0 Å². The predicted molar refractivity (Wildman–Crippen MR) is 79.9 cm³/mol. The standard InChI is InChI=1S/C14H28N2O3S/c1-13(2)11-5-6-14(13,12(17)9-11)10-20(18,19)15-7-8-16(3)4/h11-12,15,17H,5-10H2,1-4H3/t11-,12-,14-/m1/s1. The van der Waals surface area contributed by atoms with Crippen LogP contribution in [0.4, 0.5) is 0 Å². The van der Waals surface area contributed by atoms with Gasteiger partial charge in [-0.2, -0.15) is 0 Å². The zero-order chi connectivity index (χ0) is 15.2. The first-order chi connectivity index (χ1) is 9.11. The smallest absolute Gasteiger partial charge is 0.212 e. The maximum Gasteiger partial charge on any atom is 0.212 e. The zero-order valence-corrected chi connectivity index (χ0v) is 13.8. The minimum absolute atomic E-state index is 0.0537. The van der Waals surface area contributed by atoms with Gasteiger partial charge in [-0.3, -0.25) is 0 Å². The second kappa shape index (κ2) is 5.23. The Morgan fingerprint density at radius 1 is 1.35 bits per heavy atom. The van der Waals surface area contributed by atoms with Gasteiger partial charge in [0, 0.05) is 18.5 Å². The van der Waals surface area contributed by atoms with Crippen LogP contribution in [-0.2, 0) is 10.0 Å². The van der Waals surface area contributed by atoms with Gasteiger partial charge in [-0.05, 0) is 44.7 Å². The molecule has 2 aliphatic rings. The SMILES string of the molecule is CN(C)CCNS(=O)(=O)C[C@]12CC[C@H](C[C@H]1O)C2(C)C. The van der Waals surface area contributed by atoms with Gasteiger partial charge in [-0.15, -0.1) is 0 Å². The molecule has 0 unspecified atom stereocenters. The number of likely N-dealkylation sites (N-methyl/N-ethyl adjacent to an activating group) is 1. The molecule has 20 heavy (non-hydrogen) atoms. The van der Waals surface area contributed by atoms with Crippen LogP contribution in [0.5, 0.6) is 0 Å². The molecule has 2 aliphatic carbocycles. The van der Waals surface area contributed by atoms with Crippen molar-refractivity contribution in [3.8, 4) is 0 Å². The van der Waals surface area contributed by atoms with Crippen LogP contribution >= 0.6 is 0 Å². The lowest BCUT2D eigenvalue weighted by Gasteiger charge is -2.40. The van der Waals surface area contributed by atoms with E-state index in [9.17, 15) is 13.5 Å². The van der Waals surface area contributed by atoms with Crippen LogP contribution in [0.15, 0.2) is 0 Å². The van der Waals surface area contributed by atoms with Crippen LogP contribution in [0, 0.1) is 16.7 Å². The molecule has 118 valence electrons. The van der Waals surface area contributed by atoms with Crippen molar-refractivity contribution < 1.29 is 13.5 Å². The second-order valence-electron chi connectivity index (χ2n) is 7.32. The topological polar surface area (TPSA) is 69.6 Å². The van der Waals surface area contributed by atoms with E-state index in [1.807, 2.05) is 19.0 Å². The van der Waals surface area contributed by atoms with Gasteiger partial charge in [-0.25, -0.2) is 13.1 Å². The summed E-state index contributed by atoms with van der Waals surface area (Å²) < 4.78 is 27.4. The summed E-state index contributed by atoms with van der Waals surface area (Å²) in [5, 5.41) is 10.4. The molecule has 0 heterocycles. The number of rotatable bonds is 6. The van der Waals surface area contributed by atoms with Crippen LogP contribution in [-0.4, -0.2) is 57.5 Å². The van der Waals surface area contributed by atoms with E-state index in [0.717, 1.165) is 19.3 Å². The van der Waals surface area contributed by atoms with Crippen LogP contribution in [0.1, 0.15) is 33.1 Å². The minimum Gasteiger partial charge on any atom is -0.392 e. The number of hydrogen-bond donors (Lipinski definition) is 2. The third-order valence-electron chi connectivity index (χ3n) is 5.72. The Labute approximate surface area is 122 Å². The summed E-state index contributed by atoms with van der Waals surface area (Å²) in [6, 6.07) is 0. The van der Waals surface area contributed by atoms with Gasteiger partial charge in [0.2, 0.25) is 10.0 Å². The van der Waals surface area contributed by atoms with E-state index >= 15 is 0 Å². The molecule has 0 aromatic rings. The average Bonchev–Trinajstić information content (AvgIpc) is 2.61. The van der Waals surface area contributed by atoms with Gasteiger partial charge in [-0.1, -0.05) is 13.8 Å². The lowest BCUT2D eigenvalue weighted by Crippen LogP contribution is -2.47. The van der Waals surface area contributed by atoms with E-state index in [2.05, 4.69) is 18.6 Å². The first kappa shape index (κ1) is 16.2. The summed E-state index contributed by atoms with van der Waals surface area (Å²) in [4.78, 5) is 1.95. The monoisotopic (exact) mass is 304 g/mol. The van der Waals surface area contributed by atoms with Crippen LogP contribution in [0.2, 0.25) is 0 Å². The fourth-order valence-corrected chi connectivity index (χ4v) is 6.09. The molecule has 2 N–H and O–H groups in total. The molecule has 0 spiro atoms. The van der Waals surface area contributed by atoms with Crippen LogP contribution in [0.25, 0.3) is 0 Å². The summed E-state index contributed by atoms with van der Waals surface area (Å²) in [5.41, 5.74) is -0.565. The highest BCUT2D eigenvalue weighted by molar-refractivity contribution is 7.89. The van der Waals surface area contributed by atoms with Crippen molar-refractivity contribution in [2.75, 3.05) is 32.9 Å². The highest BCUT2D eigenvalue weighted by atomic mass is 32.2. The molecule has 0 aromatic carbocycles. The van der Waals surface area contributed by atoms with Gasteiger partial charge < -0.3 is 10.0 Å². The minimum atomic E-state index is -3.35. The lowest BCUT2D eigenvalue weighted by atomic mass is 9.70. The normalized spacial score (nSPS) is 35.9. The third kappa shape index (κ3) is 2.63. The third-order valence-corrected chi connectivity index (χ3v) is 7.26. The van der Waals surface area contributed by atoms with Crippen molar-refractivity contribution in [1.29, 1.82) is 0 Å². The number of sulfonamides is 1. The molecule has 0 radical (unpaired) electrons. The number of fused-ring (bicyclic) bond motifs is 2. The van der Waals surface area contributed by atoms with E-state index in [-0.39, 0.29) is 11.2 Å². The van der Waals surface area contributed by atoms with E-state index in [4.69, 9.17) is 0 Å².